The fraction of sp³-hybridized carbons (Fsp3) is 0.368. The molecule has 0 unspecified atom stereocenters. The highest BCUT2D eigenvalue weighted by Gasteiger charge is 2.20. The number of hydrogen-bond acceptors (Lipinski definition) is 6. The van der Waals surface area contributed by atoms with Gasteiger partial charge in [-0.05, 0) is 26.0 Å². The van der Waals surface area contributed by atoms with Gasteiger partial charge in [-0.2, -0.15) is 0 Å². The van der Waals surface area contributed by atoms with E-state index in [1.54, 1.807) is 6.07 Å². The van der Waals surface area contributed by atoms with E-state index >= 15 is 0 Å². The van der Waals surface area contributed by atoms with Gasteiger partial charge in [-0.3, -0.25) is 14.7 Å². The third kappa shape index (κ3) is 4.57. The summed E-state index contributed by atoms with van der Waals surface area (Å²) in [4.78, 5) is 12.3. The van der Waals surface area contributed by atoms with Crippen molar-refractivity contribution in [2.45, 2.75) is 45.2 Å². The van der Waals surface area contributed by atoms with Crippen molar-refractivity contribution in [1.29, 1.82) is 0 Å². The van der Waals surface area contributed by atoms with Crippen LogP contribution in [0.5, 0.6) is 0 Å². The van der Waals surface area contributed by atoms with Crippen LogP contribution in [-0.4, -0.2) is 31.6 Å². The molecule has 0 aliphatic rings. The number of nitrogens with one attached hydrogen (secondary N) is 1. The number of rotatable bonds is 5. The number of benzene rings is 1. The summed E-state index contributed by atoms with van der Waals surface area (Å²) >= 11 is 1.32. The first kappa shape index (κ1) is 19.2. The van der Waals surface area contributed by atoms with Crippen LogP contribution in [0.15, 0.2) is 40.0 Å². The second-order valence-electron chi connectivity index (χ2n) is 7.36. The summed E-state index contributed by atoms with van der Waals surface area (Å²) in [6, 6.07) is 9.84. The lowest BCUT2D eigenvalue weighted by molar-refractivity contribution is -0.113. The van der Waals surface area contributed by atoms with E-state index in [2.05, 4.69) is 20.7 Å². The van der Waals surface area contributed by atoms with Gasteiger partial charge in [0.2, 0.25) is 11.8 Å². The summed E-state index contributed by atoms with van der Waals surface area (Å²) in [6.07, 6.45) is 0. The van der Waals surface area contributed by atoms with E-state index in [9.17, 15) is 4.79 Å². The fourth-order valence-corrected chi connectivity index (χ4v) is 3.22. The summed E-state index contributed by atoms with van der Waals surface area (Å²) in [5.41, 5.74) is 2.81. The molecule has 0 bridgehead atoms. The van der Waals surface area contributed by atoms with Crippen LogP contribution in [0.4, 0.5) is 5.88 Å². The summed E-state index contributed by atoms with van der Waals surface area (Å²) < 4.78 is 7.13. The number of thioether (sulfide) groups is 1. The van der Waals surface area contributed by atoms with Gasteiger partial charge >= 0.3 is 0 Å². The Kier molecular flexibility index (Phi) is 5.36. The maximum atomic E-state index is 12.3. The number of amides is 1. The van der Waals surface area contributed by atoms with Crippen molar-refractivity contribution in [2.75, 3.05) is 11.1 Å². The van der Waals surface area contributed by atoms with Crippen molar-refractivity contribution in [3.63, 3.8) is 0 Å². The average Bonchev–Trinajstić information content (AvgIpc) is 3.20. The smallest absolute Gasteiger partial charge is 0.237 e. The Morgan fingerprint density at radius 2 is 1.89 bits per heavy atom. The van der Waals surface area contributed by atoms with Gasteiger partial charge < -0.3 is 4.52 Å². The normalized spacial score (nSPS) is 11.6. The van der Waals surface area contributed by atoms with E-state index in [0.717, 1.165) is 17.2 Å². The number of carbonyl (C=O) groups excluding carboxylic acids is 1. The minimum absolute atomic E-state index is 0.136. The highest BCUT2D eigenvalue weighted by atomic mass is 32.2. The number of anilines is 1. The van der Waals surface area contributed by atoms with Crippen LogP contribution < -0.4 is 5.32 Å². The van der Waals surface area contributed by atoms with Crippen molar-refractivity contribution in [3.8, 4) is 5.69 Å². The lowest BCUT2D eigenvalue weighted by Crippen LogP contribution is -2.14. The Morgan fingerprint density at radius 3 is 2.52 bits per heavy atom. The predicted molar refractivity (Wildman–Crippen MR) is 105 cm³/mol. The molecule has 27 heavy (non-hydrogen) atoms. The Balaban J connectivity index is 1.66. The van der Waals surface area contributed by atoms with E-state index in [4.69, 9.17) is 4.52 Å². The maximum Gasteiger partial charge on any atom is 0.237 e. The summed E-state index contributed by atoms with van der Waals surface area (Å²) in [5, 5.41) is 15.7. The van der Waals surface area contributed by atoms with E-state index in [0.29, 0.717) is 11.0 Å². The molecule has 142 valence electrons. The third-order valence-corrected chi connectivity index (χ3v) is 4.89. The Labute approximate surface area is 162 Å². The molecule has 2 heterocycles. The molecule has 2 aromatic heterocycles. The van der Waals surface area contributed by atoms with Crippen LogP contribution in [-0.2, 0) is 10.2 Å². The number of hydrogen-bond donors (Lipinski definition) is 1. The molecular formula is C19H23N5O2S. The van der Waals surface area contributed by atoms with Crippen molar-refractivity contribution >= 4 is 23.6 Å². The van der Waals surface area contributed by atoms with E-state index < -0.39 is 0 Å². The zero-order chi connectivity index (χ0) is 19.6. The third-order valence-electron chi connectivity index (χ3n) is 3.96. The number of nitrogens with zero attached hydrogens (tertiary/aromatic N) is 4. The fourth-order valence-electron chi connectivity index (χ4n) is 2.42. The molecule has 0 aliphatic carbocycles. The van der Waals surface area contributed by atoms with Crippen molar-refractivity contribution < 1.29 is 9.32 Å². The molecule has 0 saturated heterocycles. The highest BCUT2D eigenvalue weighted by molar-refractivity contribution is 7.99. The Bertz CT molecular complexity index is 938. The number of carbonyl (C=O) groups is 1. The molecule has 0 aliphatic heterocycles. The van der Waals surface area contributed by atoms with Crippen LogP contribution in [0.3, 0.4) is 0 Å². The quantitative estimate of drug-likeness (QED) is 0.671. The second-order valence-corrected chi connectivity index (χ2v) is 8.31. The van der Waals surface area contributed by atoms with E-state index in [-0.39, 0.29) is 17.1 Å². The van der Waals surface area contributed by atoms with Gasteiger partial charge in [-0.1, -0.05) is 55.4 Å². The standard InChI is InChI=1S/C19H23N5O2S/c1-12-6-8-14(9-7-12)24-13(2)21-22-18(24)27-11-16(25)20-17-10-15(23-26-17)19(3,4)5/h6-10H,11H2,1-5H3,(H,20,25). The molecular weight excluding hydrogens is 362 g/mol. The maximum absolute atomic E-state index is 12.3. The van der Waals surface area contributed by atoms with Crippen molar-refractivity contribution in [1.82, 2.24) is 19.9 Å². The molecule has 8 heteroatoms. The first-order chi connectivity index (χ1) is 12.7. The van der Waals surface area contributed by atoms with E-state index in [1.807, 2.05) is 63.5 Å². The molecule has 7 nitrogen and oxygen atoms in total. The number of aryl methyl sites for hydroxylation is 2. The monoisotopic (exact) mass is 385 g/mol. The zero-order valence-electron chi connectivity index (χ0n) is 16.1. The van der Waals surface area contributed by atoms with Gasteiger partial charge in [0.15, 0.2) is 5.16 Å². The summed E-state index contributed by atoms with van der Waals surface area (Å²) in [5.74, 6) is 1.12. The van der Waals surface area contributed by atoms with Crippen LogP contribution in [0, 0.1) is 13.8 Å². The average molecular weight is 385 g/mol. The van der Waals surface area contributed by atoms with Crippen LogP contribution in [0.2, 0.25) is 0 Å². The molecule has 0 fully saturated rings. The zero-order valence-corrected chi connectivity index (χ0v) is 16.9. The van der Waals surface area contributed by atoms with Crippen LogP contribution in [0.1, 0.15) is 37.9 Å². The van der Waals surface area contributed by atoms with Gasteiger partial charge in [0.05, 0.1) is 11.4 Å². The Hall–Kier alpha value is -2.61. The minimum Gasteiger partial charge on any atom is -0.338 e. The van der Waals surface area contributed by atoms with Gasteiger partial charge in [0.1, 0.15) is 5.82 Å². The van der Waals surface area contributed by atoms with Gasteiger partial charge in [-0.25, -0.2) is 0 Å². The topological polar surface area (TPSA) is 85.8 Å². The van der Waals surface area contributed by atoms with Gasteiger partial charge in [-0.15, -0.1) is 10.2 Å². The highest BCUT2D eigenvalue weighted by Crippen LogP contribution is 2.25. The Morgan fingerprint density at radius 1 is 1.19 bits per heavy atom. The minimum atomic E-state index is -0.187. The summed E-state index contributed by atoms with van der Waals surface area (Å²) in [7, 11) is 0. The van der Waals surface area contributed by atoms with Crippen molar-refractivity contribution in [2.24, 2.45) is 0 Å². The molecule has 3 aromatic rings. The molecule has 0 atom stereocenters. The molecule has 0 radical (unpaired) electrons. The van der Waals surface area contributed by atoms with Crippen molar-refractivity contribution in [3.05, 3.63) is 47.4 Å². The molecule has 1 N–H and O–H groups in total. The molecule has 1 amide bonds. The molecule has 1 aromatic carbocycles. The lowest BCUT2D eigenvalue weighted by atomic mass is 9.92. The lowest BCUT2D eigenvalue weighted by Gasteiger charge is -2.12. The molecule has 3 rings (SSSR count). The van der Waals surface area contributed by atoms with Crippen LogP contribution in [0.25, 0.3) is 5.69 Å². The molecule has 0 spiro atoms. The van der Waals surface area contributed by atoms with Gasteiger partial charge in [0, 0.05) is 17.2 Å². The predicted octanol–water partition coefficient (Wildman–Crippen LogP) is 3.90. The SMILES string of the molecule is Cc1ccc(-n2c(C)nnc2SCC(=O)Nc2cc(C(C)(C)C)no2)cc1. The number of aromatic nitrogens is 4. The molecule has 0 saturated carbocycles. The summed E-state index contributed by atoms with van der Waals surface area (Å²) in [6.45, 7) is 10.0. The first-order valence-corrected chi connectivity index (χ1v) is 9.61. The van der Waals surface area contributed by atoms with Crippen LogP contribution >= 0.6 is 11.8 Å². The first-order valence-electron chi connectivity index (χ1n) is 8.63. The van der Waals surface area contributed by atoms with E-state index in [1.165, 1.54) is 17.3 Å². The second kappa shape index (κ2) is 7.56. The largest absolute Gasteiger partial charge is 0.338 e. The van der Waals surface area contributed by atoms with Gasteiger partial charge in [0.25, 0.3) is 0 Å².